The van der Waals surface area contributed by atoms with Crippen LogP contribution in [0, 0.1) is 23.7 Å². The molecular weight excluding hydrogens is 172 g/mol. The van der Waals surface area contributed by atoms with E-state index in [1.54, 1.807) is 0 Å². The van der Waals surface area contributed by atoms with Crippen LogP contribution in [-0.2, 0) is 0 Å². The second kappa shape index (κ2) is 4.19. The van der Waals surface area contributed by atoms with Gasteiger partial charge in [-0.15, -0.1) is 0 Å². The largest absolute Gasteiger partial charge is 0.271 e. The van der Waals surface area contributed by atoms with Gasteiger partial charge in [0.15, 0.2) is 0 Å². The third-order valence-corrected chi connectivity index (χ3v) is 4.42. The zero-order valence-corrected chi connectivity index (χ0v) is 9.50. The van der Waals surface area contributed by atoms with Gasteiger partial charge in [-0.3, -0.25) is 11.3 Å². The van der Waals surface area contributed by atoms with Crippen molar-refractivity contribution in [1.82, 2.24) is 5.43 Å². The van der Waals surface area contributed by atoms with Crippen molar-refractivity contribution in [2.24, 2.45) is 29.5 Å². The molecule has 0 saturated heterocycles. The van der Waals surface area contributed by atoms with Gasteiger partial charge in [0.1, 0.15) is 0 Å². The third-order valence-electron chi connectivity index (χ3n) is 4.42. The van der Waals surface area contributed by atoms with Crippen LogP contribution in [-0.4, -0.2) is 6.04 Å². The molecule has 2 aliphatic rings. The summed E-state index contributed by atoms with van der Waals surface area (Å²) >= 11 is 0. The Morgan fingerprint density at radius 3 is 2.43 bits per heavy atom. The third kappa shape index (κ3) is 2.12. The van der Waals surface area contributed by atoms with E-state index in [1.807, 2.05) is 0 Å². The first-order valence-electron chi connectivity index (χ1n) is 6.20. The van der Waals surface area contributed by atoms with Gasteiger partial charge in [-0.05, 0) is 49.4 Å². The van der Waals surface area contributed by atoms with Crippen molar-refractivity contribution in [1.29, 1.82) is 0 Å². The standard InChI is InChI=1S/C12H24N2/c1-3-8(2)4-12(14-13)11-6-9-5-10(9)7-11/h8-12,14H,3-7,13H2,1-2H3. The van der Waals surface area contributed by atoms with Crippen LogP contribution in [0.15, 0.2) is 0 Å². The van der Waals surface area contributed by atoms with Gasteiger partial charge >= 0.3 is 0 Å². The number of hydrogen-bond acceptors (Lipinski definition) is 2. The van der Waals surface area contributed by atoms with Gasteiger partial charge in [0.05, 0.1) is 0 Å². The zero-order valence-electron chi connectivity index (χ0n) is 9.50. The number of rotatable bonds is 5. The van der Waals surface area contributed by atoms with E-state index < -0.39 is 0 Å². The van der Waals surface area contributed by atoms with E-state index in [2.05, 4.69) is 19.3 Å². The molecule has 0 aromatic carbocycles. The normalized spacial score (nSPS) is 39.2. The Balaban J connectivity index is 1.80. The van der Waals surface area contributed by atoms with E-state index in [0.29, 0.717) is 6.04 Å². The number of fused-ring (bicyclic) bond motifs is 1. The second-order valence-corrected chi connectivity index (χ2v) is 5.51. The molecule has 0 bridgehead atoms. The molecule has 2 nitrogen and oxygen atoms in total. The lowest BCUT2D eigenvalue weighted by Crippen LogP contribution is -2.41. The number of hydrogen-bond donors (Lipinski definition) is 2. The molecule has 0 aromatic heterocycles. The minimum atomic E-state index is 0.581. The quantitative estimate of drug-likeness (QED) is 0.523. The van der Waals surface area contributed by atoms with Crippen molar-refractivity contribution in [2.75, 3.05) is 0 Å². The number of nitrogens with two attached hydrogens (primary N) is 1. The van der Waals surface area contributed by atoms with Gasteiger partial charge in [0.25, 0.3) is 0 Å². The van der Waals surface area contributed by atoms with Crippen molar-refractivity contribution in [2.45, 2.75) is 52.0 Å². The summed E-state index contributed by atoms with van der Waals surface area (Å²) in [4.78, 5) is 0. The molecule has 4 atom stereocenters. The lowest BCUT2D eigenvalue weighted by molar-refractivity contribution is 0.285. The molecule has 14 heavy (non-hydrogen) atoms. The Labute approximate surface area is 87.6 Å². The summed E-state index contributed by atoms with van der Waals surface area (Å²) in [5.41, 5.74) is 3.05. The van der Waals surface area contributed by atoms with Gasteiger partial charge < -0.3 is 0 Å². The summed E-state index contributed by atoms with van der Waals surface area (Å²) in [6, 6.07) is 0.581. The van der Waals surface area contributed by atoms with Crippen LogP contribution < -0.4 is 11.3 Å². The topological polar surface area (TPSA) is 38.0 Å². The van der Waals surface area contributed by atoms with Crippen molar-refractivity contribution >= 4 is 0 Å². The molecule has 82 valence electrons. The van der Waals surface area contributed by atoms with Crippen molar-refractivity contribution < 1.29 is 0 Å². The lowest BCUT2D eigenvalue weighted by atomic mass is 9.87. The SMILES string of the molecule is CCC(C)CC(NN)C1CC2CC2C1. The van der Waals surface area contributed by atoms with E-state index in [-0.39, 0.29) is 0 Å². The average Bonchev–Trinajstić information content (AvgIpc) is 2.82. The predicted molar refractivity (Wildman–Crippen MR) is 59.5 cm³/mol. The molecule has 2 rings (SSSR count). The number of nitrogens with one attached hydrogen (secondary N) is 1. The smallest absolute Gasteiger partial charge is 0.0241 e. The highest BCUT2D eigenvalue weighted by atomic mass is 15.2. The summed E-state index contributed by atoms with van der Waals surface area (Å²) < 4.78 is 0. The van der Waals surface area contributed by atoms with Crippen LogP contribution >= 0.6 is 0 Å². The van der Waals surface area contributed by atoms with Crippen LogP contribution in [0.2, 0.25) is 0 Å². The number of hydrazine groups is 1. The van der Waals surface area contributed by atoms with Crippen molar-refractivity contribution in [3.05, 3.63) is 0 Å². The fraction of sp³-hybridized carbons (Fsp3) is 1.00. The highest BCUT2D eigenvalue weighted by Crippen LogP contribution is 2.55. The Hall–Kier alpha value is -0.0800. The molecule has 0 amide bonds. The summed E-state index contributed by atoms with van der Waals surface area (Å²) in [5, 5.41) is 0. The minimum absolute atomic E-state index is 0.581. The molecule has 2 aliphatic carbocycles. The molecule has 2 saturated carbocycles. The molecule has 0 spiro atoms. The van der Waals surface area contributed by atoms with Crippen LogP contribution in [0.3, 0.4) is 0 Å². The van der Waals surface area contributed by atoms with Crippen molar-refractivity contribution in [3.8, 4) is 0 Å². The average molecular weight is 196 g/mol. The maximum Gasteiger partial charge on any atom is 0.0241 e. The van der Waals surface area contributed by atoms with Crippen LogP contribution in [0.1, 0.15) is 46.0 Å². The Kier molecular flexibility index (Phi) is 3.13. The molecule has 0 aromatic rings. The highest BCUT2D eigenvalue weighted by Gasteiger charge is 2.47. The zero-order chi connectivity index (χ0) is 10.1. The van der Waals surface area contributed by atoms with Crippen molar-refractivity contribution in [3.63, 3.8) is 0 Å². The fourth-order valence-electron chi connectivity index (χ4n) is 3.09. The van der Waals surface area contributed by atoms with E-state index in [4.69, 9.17) is 5.84 Å². The van der Waals surface area contributed by atoms with Gasteiger partial charge in [-0.1, -0.05) is 20.3 Å². The molecule has 3 N–H and O–H groups in total. The summed E-state index contributed by atoms with van der Waals surface area (Å²) in [7, 11) is 0. The molecule has 0 heterocycles. The molecule has 0 aliphatic heterocycles. The lowest BCUT2D eigenvalue weighted by Gasteiger charge is -2.26. The van der Waals surface area contributed by atoms with E-state index in [0.717, 1.165) is 23.7 Å². The minimum Gasteiger partial charge on any atom is -0.271 e. The summed E-state index contributed by atoms with van der Waals surface area (Å²) in [6.07, 6.45) is 6.93. The predicted octanol–water partition coefficient (Wildman–Crippen LogP) is 2.30. The van der Waals surface area contributed by atoms with Crippen LogP contribution in [0.25, 0.3) is 0 Å². The maximum atomic E-state index is 5.67. The molecular formula is C12H24N2. The summed E-state index contributed by atoms with van der Waals surface area (Å²) in [6.45, 7) is 4.60. The van der Waals surface area contributed by atoms with E-state index in [9.17, 15) is 0 Å². The Bertz CT molecular complexity index is 183. The molecule has 0 radical (unpaired) electrons. The van der Waals surface area contributed by atoms with Crippen LogP contribution in [0.5, 0.6) is 0 Å². The molecule has 2 fully saturated rings. The molecule has 4 unspecified atom stereocenters. The first-order chi connectivity index (χ1) is 6.74. The monoisotopic (exact) mass is 196 g/mol. The second-order valence-electron chi connectivity index (χ2n) is 5.51. The van der Waals surface area contributed by atoms with Gasteiger partial charge in [0.2, 0.25) is 0 Å². The van der Waals surface area contributed by atoms with Gasteiger partial charge in [-0.2, -0.15) is 0 Å². The first-order valence-corrected chi connectivity index (χ1v) is 6.20. The van der Waals surface area contributed by atoms with E-state index >= 15 is 0 Å². The van der Waals surface area contributed by atoms with Crippen LogP contribution in [0.4, 0.5) is 0 Å². The Morgan fingerprint density at radius 1 is 1.29 bits per heavy atom. The fourth-order valence-corrected chi connectivity index (χ4v) is 3.09. The molecule has 2 heteroatoms. The van der Waals surface area contributed by atoms with E-state index in [1.165, 1.54) is 32.1 Å². The van der Waals surface area contributed by atoms with Gasteiger partial charge in [0, 0.05) is 6.04 Å². The van der Waals surface area contributed by atoms with Gasteiger partial charge in [-0.25, -0.2) is 0 Å². The maximum absolute atomic E-state index is 5.67. The first kappa shape index (κ1) is 10.4. The summed E-state index contributed by atoms with van der Waals surface area (Å²) in [5.74, 6) is 9.51. The highest BCUT2D eigenvalue weighted by molar-refractivity contribution is 4.99. The Morgan fingerprint density at radius 2 is 1.93 bits per heavy atom.